The first kappa shape index (κ1) is 15.4. The number of hydrogen-bond acceptors (Lipinski definition) is 2. The minimum absolute atomic E-state index is 0.0284. The molecule has 1 N–H and O–H groups in total. The van der Waals surface area contributed by atoms with Gasteiger partial charge in [0.1, 0.15) is 5.69 Å². The SMILES string of the molecule is CCN(Cc1ccc(Cl)s1)C(=O)c1cc2cc(Cl)ccc2[nH]1. The Morgan fingerprint density at radius 3 is 2.73 bits per heavy atom. The fraction of sp³-hybridized carbons (Fsp3) is 0.188. The van der Waals surface area contributed by atoms with Gasteiger partial charge in [0.05, 0.1) is 10.9 Å². The number of halogens is 2. The van der Waals surface area contributed by atoms with E-state index in [1.807, 2.05) is 37.3 Å². The molecule has 2 heterocycles. The van der Waals surface area contributed by atoms with E-state index in [1.54, 1.807) is 11.0 Å². The molecule has 3 rings (SSSR count). The summed E-state index contributed by atoms with van der Waals surface area (Å²) in [6.07, 6.45) is 0. The number of carbonyl (C=O) groups excluding carboxylic acids is 1. The van der Waals surface area contributed by atoms with Crippen molar-refractivity contribution in [3.05, 3.63) is 56.3 Å². The fourth-order valence-corrected chi connectivity index (χ4v) is 3.62. The van der Waals surface area contributed by atoms with Crippen molar-refractivity contribution in [2.45, 2.75) is 13.5 Å². The number of aromatic nitrogens is 1. The monoisotopic (exact) mass is 352 g/mol. The molecule has 114 valence electrons. The van der Waals surface area contributed by atoms with Crippen LogP contribution in [0, 0.1) is 0 Å². The number of H-pyrrole nitrogens is 1. The second kappa shape index (κ2) is 6.32. The van der Waals surface area contributed by atoms with Crippen molar-refractivity contribution < 1.29 is 4.79 Å². The molecule has 0 bridgehead atoms. The van der Waals surface area contributed by atoms with Crippen LogP contribution in [0.4, 0.5) is 0 Å². The standard InChI is InChI=1S/C16H14Cl2N2OS/c1-2-20(9-12-4-6-15(18)22-12)16(21)14-8-10-7-11(17)3-5-13(10)19-14/h3-8,19H,2,9H2,1H3. The van der Waals surface area contributed by atoms with Crippen molar-refractivity contribution in [2.24, 2.45) is 0 Å². The van der Waals surface area contributed by atoms with Crippen LogP contribution in [0.1, 0.15) is 22.3 Å². The first-order valence-electron chi connectivity index (χ1n) is 6.88. The van der Waals surface area contributed by atoms with Gasteiger partial charge in [-0.05, 0) is 43.3 Å². The lowest BCUT2D eigenvalue weighted by Crippen LogP contribution is -2.30. The molecule has 0 radical (unpaired) electrons. The third-order valence-corrected chi connectivity index (χ3v) is 4.91. The maximum Gasteiger partial charge on any atom is 0.270 e. The molecule has 0 aliphatic carbocycles. The van der Waals surface area contributed by atoms with E-state index in [2.05, 4.69) is 4.98 Å². The van der Waals surface area contributed by atoms with E-state index in [-0.39, 0.29) is 5.91 Å². The Bertz CT molecular complexity index is 825. The van der Waals surface area contributed by atoms with E-state index < -0.39 is 0 Å². The summed E-state index contributed by atoms with van der Waals surface area (Å²) in [5, 5.41) is 1.59. The molecule has 2 aromatic heterocycles. The summed E-state index contributed by atoms with van der Waals surface area (Å²) in [6.45, 7) is 3.15. The summed E-state index contributed by atoms with van der Waals surface area (Å²) in [5.74, 6) is -0.0284. The molecule has 0 atom stereocenters. The van der Waals surface area contributed by atoms with Gasteiger partial charge in [0.15, 0.2) is 0 Å². The highest BCUT2D eigenvalue weighted by atomic mass is 35.5. The van der Waals surface area contributed by atoms with Gasteiger partial charge in [0.2, 0.25) is 0 Å². The van der Waals surface area contributed by atoms with E-state index in [1.165, 1.54) is 11.3 Å². The maximum atomic E-state index is 12.7. The van der Waals surface area contributed by atoms with Crippen LogP contribution in [0.25, 0.3) is 10.9 Å². The largest absolute Gasteiger partial charge is 0.351 e. The highest BCUT2D eigenvalue weighted by Gasteiger charge is 2.17. The van der Waals surface area contributed by atoms with Crippen molar-refractivity contribution in [1.82, 2.24) is 9.88 Å². The number of rotatable bonds is 4. The summed E-state index contributed by atoms with van der Waals surface area (Å²) in [4.78, 5) is 18.7. The Morgan fingerprint density at radius 1 is 1.23 bits per heavy atom. The van der Waals surface area contributed by atoms with Gasteiger partial charge in [-0.2, -0.15) is 0 Å². The number of benzene rings is 1. The zero-order chi connectivity index (χ0) is 15.7. The summed E-state index contributed by atoms with van der Waals surface area (Å²) in [5.41, 5.74) is 1.48. The molecule has 1 amide bonds. The van der Waals surface area contributed by atoms with Gasteiger partial charge < -0.3 is 9.88 Å². The summed E-state index contributed by atoms with van der Waals surface area (Å²) in [6, 6.07) is 11.2. The Hall–Kier alpha value is -1.49. The normalized spacial score (nSPS) is 11.0. The van der Waals surface area contributed by atoms with E-state index >= 15 is 0 Å². The number of nitrogens with one attached hydrogen (secondary N) is 1. The first-order valence-corrected chi connectivity index (χ1v) is 8.46. The quantitative estimate of drug-likeness (QED) is 0.688. The van der Waals surface area contributed by atoms with Gasteiger partial charge in [-0.3, -0.25) is 4.79 Å². The van der Waals surface area contributed by atoms with Gasteiger partial charge >= 0.3 is 0 Å². The zero-order valence-electron chi connectivity index (χ0n) is 11.9. The lowest BCUT2D eigenvalue weighted by molar-refractivity contribution is 0.0749. The summed E-state index contributed by atoms with van der Waals surface area (Å²) in [7, 11) is 0. The molecule has 1 aromatic carbocycles. The van der Waals surface area contributed by atoms with Crippen LogP contribution in [-0.4, -0.2) is 22.3 Å². The predicted molar refractivity (Wildman–Crippen MR) is 93.1 cm³/mol. The molecule has 3 nitrogen and oxygen atoms in total. The molecule has 0 aliphatic heterocycles. The molecule has 0 spiro atoms. The Morgan fingerprint density at radius 2 is 2.05 bits per heavy atom. The third kappa shape index (κ3) is 3.14. The second-order valence-corrected chi connectivity index (χ2v) is 7.18. The highest BCUT2D eigenvalue weighted by molar-refractivity contribution is 7.16. The Labute approximate surface area is 142 Å². The molecule has 0 saturated carbocycles. The van der Waals surface area contributed by atoms with Gasteiger partial charge in [-0.15, -0.1) is 11.3 Å². The average molecular weight is 353 g/mol. The number of hydrogen-bond donors (Lipinski definition) is 1. The van der Waals surface area contributed by atoms with Gasteiger partial charge in [-0.1, -0.05) is 23.2 Å². The number of nitrogens with zero attached hydrogens (tertiary/aromatic N) is 1. The lowest BCUT2D eigenvalue weighted by atomic mass is 10.2. The predicted octanol–water partition coefficient (Wildman–Crippen LogP) is 5.20. The van der Waals surface area contributed by atoms with E-state index in [4.69, 9.17) is 23.2 Å². The number of amides is 1. The van der Waals surface area contributed by atoms with Crippen LogP contribution in [0.15, 0.2) is 36.4 Å². The fourth-order valence-electron chi connectivity index (χ4n) is 2.34. The first-order chi connectivity index (χ1) is 10.6. The Kier molecular flexibility index (Phi) is 4.43. The summed E-state index contributed by atoms with van der Waals surface area (Å²) >= 11 is 13.4. The van der Waals surface area contributed by atoms with Crippen LogP contribution >= 0.6 is 34.5 Å². The number of aromatic amines is 1. The molecule has 22 heavy (non-hydrogen) atoms. The van der Waals surface area contributed by atoms with E-state index in [9.17, 15) is 4.79 Å². The topological polar surface area (TPSA) is 36.1 Å². The van der Waals surface area contributed by atoms with E-state index in [0.29, 0.717) is 23.8 Å². The number of carbonyl (C=O) groups is 1. The van der Waals surface area contributed by atoms with Crippen molar-refractivity contribution >= 4 is 51.3 Å². The lowest BCUT2D eigenvalue weighted by Gasteiger charge is -2.19. The van der Waals surface area contributed by atoms with Crippen LogP contribution in [0.3, 0.4) is 0 Å². The number of thiophene rings is 1. The van der Waals surface area contributed by atoms with Crippen molar-refractivity contribution in [1.29, 1.82) is 0 Å². The van der Waals surface area contributed by atoms with Gasteiger partial charge in [-0.25, -0.2) is 0 Å². The highest BCUT2D eigenvalue weighted by Crippen LogP contribution is 2.24. The third-order valence-electron chi connectivity index (χ3n) is 3.46. The minimum atomic E-state index is -0.0284. The molecule has 0 aliphatic rings. The van der Waals surface area contributed by atoms with Crippen LogP contribution in [0.5, 0.6) is 0 Å². The molecule has 6 heteroatoms. The van der Waals surface area contributed by atoms with E-state index in [0.717, 1.165) is 20.1 Å². The Balaban J connectivity index is 1.85. The van der Waals surface area contributed by atoms with Gasteiger partial charge in [0, 0.05) is 27.3 Å². The van der Waals surface area contributed by atoms with Crippen molar-refractivity contribution in [3.8, 4) is 0 Å². The smallest absolute Gasteiger partial charge is 0.270 e. The van der Waals surface area contributed by atoms with Crippen LogP contribution in [0.2, 0.25) is 9.36 Å². The van der Waals surface area contributed by atoms with Crippen molar-refractivity contribution in [3.63, 3.8) is 0 Å². The minimum Gasteiger partial charge on any atom is -0.351 e. The maximum absolute atomic E-state index is 12.7. The molecule has 0 unspecified atom stereocenters. The molecule has 3 aromatic rings. The van der Waals surface area contributed by atoms with Crippen molar-refractivity contribution in [2.75, 3.05) is 6.54 Å². The molecule has 0 saturated heterocycles. The second-order valence-electron chi connectivity index (χ2n) is 4.94. The number of fused-ring (bicyclic) bond motifs is 1. The average Bonchev–Trinajstić information content (AvgIpc) is 3.09. The molecular weight excluding hydrogens is 339 g/mol. The van der Waals surface area contributed by atoms with Gasteiger partial charge in [0.25, 0.3) is 5.91 Å². The summed E-state index contributed by atoms with van der Waals surface area (Å²) < 4.78 is 0.735. The molecular formula is C16H14Cl2N2OS. The van der Waals surface area contributed by atoms with Crippen LogP contribution < -0.4 is 0 Å². The zero-order valence-corrected chi connectivity index (χ0v) is 14.2. The molecule has 0 fully saturated rings. The van der Waals surface area contributed by atoms with Crippen LogP contribution in [-0.2, 0) is 6.54 Å².